The van der Waals surface area contributed by atoms with Gasteiger partial charge in [0.15, 0.2) is 0 Å². The van der Waals surface area contributed by atoms with E-state index in [1.54, 1.807) is 18.2 Å². The zero-order valence-corrected chi connectivity index (χ0v) is 9.71. The summed E-state index contributed by atoms with van der Waals surface area (Å²) in [5, 5.41) is 3.25. The second-order valence-electron chi connectivity index (χ2n) is 3.96. The molecule has 0 saturated carbocycles. The van der Waals surface area contributed by atoms with Crippen LogP contribution < -0.4 is 10.1 Å². The molecule has 1 N–H and O–H groups in total. The maximum Gasteiger partial charge on any atom is 0.387 e. The Morgan fingerprint density at radius 2 is 1.75 bits per heavy atom. The first-order chi connectivity index (χ1) is 7.50. The molecule has 0 bridgehead atoms. The number of rotatable bonds is 5. The quantitative estimate of drug-likeness (QED) is 0.836. The van der Waals surface area contributed by atoms with Crippen molar-refractivity contribution in [2.45, 2.75) is 39.5 Å². The van der Waals surface area contributed by atoms with Crippen LogP contribution in [-0.4, -0.2) is 12.7 Å². The average Bonchev–Trinajstić information content (AvgIpc) is 2.16. The normalized spacial score (nSPS) is 13.2. The Balaban J connectivity index is 2.85. The number of para-hydroxylation sites is 1. The molecule has 0 aliphatic heterocycles. The van der Waals surface area contributed by atoms with Gasteiger partial charge in [-0.3, -0.25) is 0 Å². The lowest BCUT2D eigenvalue weighted by Crippen LogP contribution is -2.26. The van der Waals surface area contributed by atoms with Crippen LogP contribution in [0.5, 0.6) is 5.75 Å². The largest absolute Gasteiger partial charge is 0.434 e. The van der Waals surface area contributed by atoms with Crippen LogP contribution in [0.2, 0.25) is 0 Å². The van der Waals surface area contributed by atoms with Gasteiger partial charge in [-0.25, -0.2) is 0 Å². The summed E-state index contributed by atoms with van der Waals surface area (Å²) in [5.74, 6) is 0.234. The average molecular weight is 229 g/mol. The summed E-state index contributed by atoms with van der Waals surface area (Å²) in [6.45, 7) is 3.15. The first-order valence-corrected chi connectivity index (χ1v) is 5.30. The van der Waals surface area contributed by atoms with Crippen LogP contribution in [0, 0.1) is 0 Å². The number of ether oxygens (including phenoxy) is 1. The summed E-state index contributed by atoms with van der Waals surface area (Å²) in [6, 6.07) is 7.11. The van der Waals surface area contributed by atoms with E-state index in [-0.39, 0.29) is 17.8 Å². The Hall–Kier alpha value is -1.16. The molecule has 0 amide bonds. The zero-order chi connectivity index (χ0) is 12.1. The van der Waals surface area contributed by atoms with E-state index in [4.69, 9.17) is 0 Å². The van der Waals surface area contributed by atoms with Crippen LogP contribution in [0.3, 0.4) is 0 Å². The SMILES string of the molecule is CC(C)NC(C)c1ccccc1OC(F)F. The Morgan fingerprint density at radius 1 is 1.12 bits per heavy atom. The molecule has 0 saturated heterocycles. The van der Waals surface area contributed by atoms with Gasteiger partial charge < -0.3 is 10.1 Å². The molecule has 0 heterocycles. The van der Waals surface area contributed by atoms with Gasteiger partial charge in [-0.15, -0.1) is 0 Å². The molecule has 2 nitrogen and oxygen atoms in total. The molecule has 0 fully saturated rings. The molecule has 90 valence electrons. The summed E-state index contributed by atoms with van der Waals surface area (Å²) < 4.78 is 28.8. The predicted octanol–water partition coefficient (Wildman–Crippen LogP) is 3.35. The minimum absolute atomic E-state index is 0.0186. The molecule has 16 heavy (non-hydrogen) atoms. The van der Waals surface area contributed by atoms with E-state index in [0.29, 0.717) is 0 Å². The topological polar surface area (TPSA) is 21.3 Å². The van der Waals surface area contributed by atoms with Gasteiger partial charge in [0.1, 0.15) is 5.75 Å². The number of alkyl halides is 2. The van der Waals surface area contributed by atoms with Gasteiger partial charge in [-0.2, -0.15) is 8.78 Å². The van der Waals surface area contributed by atoms with Gasteiger partial charge in [-0.1, -0.05) is 32.0 Å². The molecule has 0 radical (unpaired) electrons. The highest BCUT2D eigenvalue weighted by molar-refractivity contribution is 5.35. The number of halogens is 2. The molecule has 0 spiro atoms. The minimum atomic E-state index is -2.78. The van der Waals surface area contributed by atoms with Crippen LogP contribution in [0.1, 0.15) is 32.4 Å². The summed E-state index contributed by atoms with van der Waals surface area (Å²) in [5.41, 5.74) is 0.747. The van der Waals surface area contributed by atoms with Crippen molar-refractivity contribution in [1.29, 1.82) is 0 Å². The third kappa shape index (κ3) is 3.77. The van der Waals surface area contributed by atoms with Crippen LogP contribution in [-0.2, 0) is 0 Å². The van der Waals surface area contributed by atoms with Crippen LogP contribution in [0.15, 0.2) is 24.3 Å². The van der Waals surface area contributed by atoms with Gasteiger partial charge in [0.05, 0.1) is 0 Å². The van der Waals surface area contributed by atoms with E-state index in [1.807, 2.05) is 26.8 Å². The molecule has 0 aliphatic rings. The summed E-state index contributed by atoms with van der Waals surface area (Å²) in [6.07, 6.45) is 0. The third-order valence-electron chi connectivity index (χ3n) is 2.18. The van der Waals surface area contributed by atoms with Crippen molar-refractivity contribution in [2.75, 3.05) is 0 Å². The van der Waals surface area contributed by atoms with Crippen molar-refractivity contribution in [3.8, 4) is 5.75 Å². The Labute approximate surface area is 94.6 Å². The molecule has 4 heteroatoms. The molecular formula is C12H17F2NO. The number of nitrogens with one attached hydrogen (secondary N) is 1. The summed E-state index contributed by atoms with van der Waals surface area (Å²) >= 11 is 0. The van der Waals surface area contributed by atoms with Gasteiger partial charge >= 0.3 is 6.61 Å². The van der Waals surface area contributed by atoms with Crippen molar-refractivity contribution in [2.24, 2.45) is 0 Å². The lowest BCUT2D eigenvalue weighted by molar-refractivity contribution is -0.0506. The Morgan fingerprint density at radius 3 is 2.31 bits per heavy atom. The Bertz CT molecular complexity index is 329. The maximum absolute atomic E-state index is 12.2. The van der Waals surface area contributed by atoms with Crippen molar-refractivity contribution in [3.05, 3.63) is 29.8 Å². The number of hydrogen-bond donors (Lipinski definition) is 1. The van der Waals surface area contributed by atoms with E-state index in [2.05, 4.69) is 10.1 Å². The zero-order valence-electron chi connectivity index (χ0n) is 9.71. The van der Waals surface area contributed by atoms with Crippen molar-refractivity contribution >= 4 is 0 Å². The standard InChI is InChI=1S/C12H17F2NO/c1-8(2)15-9(3)10-6-4-5-7-11(10)16-12(13)14/h4-9,12,15H,1-3H3. The van der Waals surface area contributed by atoms with Crippen molar-refractivity contribution < 1.29 is 13.5 Å². The molecule has 1 atom stereocenters. The van der Waals surface area contributed by atoms with E-state index in [1.165, 1.54) is 0 Å². The first kappa shape index (κ1) is 12.9. The van der Waals surface area contributed by atoms with Gasteiger partial charge in [-0.05, 0) is 13.0 Å². The van der Waals surface area contributed by atoms with Gasteiger partial charge in [0, 0.05) is 17.6 Å². The van der Waals surface area contributed by atoms with Gasteiger partial charge in [0.2, 0.25) is 0 Å². The molecule has 1 aromatic rings. The first-order valence-electron chi connectivity index (χ1n) is 5.30. The highest BCUT2D eigenvalue weighted by Gasteiger charge is 2.14. The number of hydrogen-bond acceptors (Lipinski definition) is 2. The van der Waals surface area contributed by atoms with Crippen LogP contribution in [0.25, 0.3) is 0 Å². The van der Waals surface area contributed by atoms with Crippen molar-refractivity contribution in [3.63, 3.8) is 0 Å². The summed E-state index contributed by atoms with van der Waals surface area (Å²) in [7, 11) is 0. The predicted molar refractivity (Wildman–Crippen MR) is 59.8 cm³/mol. The molecular weight excluding hydrogens is 212 g/mol. The van der Waals surface area contributed by atoms with Gasteiger partial charge in [0.25, 0.3) is 0 Å². The van der Waals surface area contributed by atoms with E-state index < -0.39 is 6.61 Å². The Kier molecular flexibility index (Phi) is 4.68. The molecule has 1 aromatic carbocycles. The highest BCUT2D eigenvalue weighted by Crippen LogP contribution is 2.26. The molecule has 1 rings (SSSR count). The monoisotopic (exact) mass is 229 g/mol. The van der Waals surface area contributed by atoms with Crippen molar-refractivity contribution in [1.82, 2.24) is 5.32 Å². The van der Waals surface area contributed by atoms with Crippen LogP contribution >= 0.6 is 0 Å². The fourth-order valence-electron chi connectivity index (χ4n) is 1.63. The van der Waals surface area contributed by atoms with E-state index >= 15 is 0 Å². The smallest absolute Gasteiger partial charge is 0.387 e. The second-order valence-corrected chi connectivity index (χ2v) is 3.96. The van der Waals surface area contributed by atoms with E-state index in [0.717, 1.165) is 5.56 Å². The third-order valence-corrected chi connectivity index (χ3v) is 2.18. The van der Waals surface area contributed by atoms with Crippen LogP contribution in [0.4, 0.5) is 8.78 Å². The molecule has 0 aromatic heterocycles. The highest BCUT2D eigenvalue weighted by atomic mass is 19.3. The number of benzene rings is 1. The lowest BCUT2D eigenvalue weighted by Gasteiger charge is -2.20. The molecule has 0 aliphatic carbocycles. The second kappa shape index (κ2) is 5.80. The fourth-order valence-corrected chi connectivity index (χ4v) is 1.63. The summed E-state index contributed by atoms with van der Waals surface area (Å²) in [4.78, 5) is 0. The lowest BCUT2D eigenvalue weighted by atomic mass is 10.1. The molecule has 1 unspecified atom stereocenters. The minimum Gasteiger partial charge on any atom is -0.434 e. The fraction of sp³-hybridized carbons (Fsp3) is 0.500. The van der Waals surface area contributed by atoms with E-state index in [9.17, 15) is 8.78 Å². The maximum atomic E-state index is 12.2.